The fourth-order valence-electron chi connectivity index (χ4n) is 2.57. The van der Waals surface area contributed by atoms with Gasteiger partial charge in [-0.3, -0.25) is 9.36 Å². The molecule has 0 unspecified atom stereocenters. The van der Waals surface area contributed by atoms with Gasteiger partial charge in [-0.2, -0.15) is 5.26 Å². The van der Waals surface area contributed by atoms with E-state index >= 15 is 0 Å². The molecular weight excluding hydrogens is 374 g/mol. The SMILES string of the molecule is Cc1occc1-c1nnc(SCC(=O)N(C)C(C)(C)C#N)n1-c1ccccc1. The minimum absolute atomic E-state index is 0.150. The zero-order chi connectivity index (χ0) is 20.3. The van der Waals surface area contributed by atoms with E-state index in [0.29, 0.717) is 11.0 Å². The Bertz CT molecular complexity index is 1020. The lowest BCUT2D eigenvalue weighted by atomic mass is 10.1. The molecule has 0 aliphatic rings. The van der Waals surface area contributed by atoms with E-state index in [1.165, 1.54) is 16.7 Å². The monoisotopic (exact) mass is 395 g/mol. The van der Waals surface area contributed by atoms with Crippen molar-refractivity contribution in [1.82, 2.24) is 19.7 Å². The lowest BCUT2D eigenvalue weighted by Gasteiger charge is -2.28. The average Bonchev–Trinajstić information content (AvgIpc) is 3.31. The van der Waals surface area contributed by atoms with Crippen LogP contribution in [0.25, 0.3) is 17.1 Å². The fraction of sp³-hybridized carbons (Fsp3) is 0.300. The molecular formula is C20H21N5O2S. The number of aryl methyl sites for hydroxylation is 1. The Morgan fingerprint density at radius 2 is 2.00 bits per heavy atom. The third-order valence-electron chi connectivity index (χ3n) is 4.56. The first kappa shape index (κ1) is 19.7. The summed E-state index contributed by atoms with van der Waals surface area (Å²) in [5, 5.41) is 18.5. The highest BCUT2D eigenvalue weighted by atomic mass is 32.2. The largest absolute Gasteiger partial charge is 0.469 e. The standard InChI is InChI=1S/C20H21N5O2S/c1-14-16(10-11-27-14)18-22-23-19(25(18)15-8-6-5-7-9-15)28-12-17(26)24(4)20(2,3)13-21/h5-11H,12H2,1-4H3. The van der Waals surface area contributed by atoms with Gasteiger partial charge in [-0.25, -0.2) is 0 Å². The first-order valence-corrected chi connectivity index (χ1v) is 9.69. The molecule has 1 aromatic carbocycles. The number of amides is 1. The number of hydrogen-bond acceptors (Lipinski definition) is 6. The second-order valence-electron chi connectivity index (χ2n) is 6.78. The molecule has 28 heavy (non-hydrogen) atoms. The van der Waals surface area contributed by atoms with Crippen LogP contribution in [0.2, 0.25) is 0 Å². The molecule has 0 aliphatic heterocycles. The Kier molecular flexibility index (Phi) is 5.56. The molecule has 0 saturated heterocycles. The first-order valence-electron chi connectivity index (χ1n) is 8.71. The molecule has 3 aromatic rings. The number of para-hydroxylation sites is 1. The number of carbonyl (C=O) groups is 1. The minimum Gasteiger partial charge on any atom is -0.469 e. The smallest absolute Gasteiger partial charge is 0.234 e. The van der Waals surface area contributed by atoms with Gasteiger partial charge in [0.15, 0.2) is 11.0 Å². The lowest BCUT2D eigenvalue weighted by Crippen LogP contribution is -2.44. The second kappa shape index (κ2) is 7.90. The number of carbonyl (C=O) groups excluding carboxylic acids is 1. The van der Waals surface area contributed by atoms with Gasteiger partial charge in [0.1, 0.15) is 11.3 Å². The summed E-state index contributed by atoms with van der Waals surface area (Å²) < 4.78 is 7.33. The van der Waals surface area contributed by atoms with Crippen LogP contribution in [0.1, 0.15) is 19.6 Å². The summed E-state index contributed by atoms with van der Waals surface area (Å²) in [4.78, 5) is 14.0. The van der Waals surface area contributed by atoms with Crippen molar-refractivity contribution >= 4 is 17.7 Å². The quantitative estimate of drug-likeness (QED) is 0.592. The summed E-state index contributed by atoms with van der Waals surface area (Å²) in [5.74, 6) is 1.39. The molecule has 0 radical (unpaired) electrons. The van der Waals surface area contributed by atoms with Crippen LogP contribution in [0.3, 0.4) is 0 Å². The average molecular weight is 395 g/mol. The first-order chi connectivity index (χ1) is 13.3. The van der Waals surface area contributed by atoms with Crippen molar-refractivity contribution in [2.45, 2.75) is 31.5 Å². The number of thioether (sulfide) groups is 1. The Labute approximate surface area is 168 Å². The summed E-state index contributed by atoms with van der Waals surface area (Å²) in [6, 6.07) is 13.7. The van der Waals surface area contributed by atoms with Gasteiger partial charge >= 0.3 is 0 Å². The van der Waals surface area contributed by atoms with Crippen molar-refractivity contribution in [2.75, 3.05) is 12.8 Å². The molecule has 144 valence electrons. The molecule has 0 bridgehead atoms. The molecule has 0 saturated carbocycles. The van der Waals surface area contributed by atoms with Crippen LogP contribution in [0.4, 0.5) is 0 Å². The predicted octanol–water partition coefficient (Wildman–Crippen LogP) is 3.69. The van der Waals surface area contributed by atoms with Crippen molar-refractivity contribution < 1.29 is 9.21 Å². The van der Waals surface area contributed by atoms with Gasteiger partial charge in [-0.1, -0.05) is 30.0 Å². The van der Waals surface area contributed by atoms with Crippen molar-refractivity contribution in [2.24, 2.45) is 0 Å². The van der Waals surface area contributed by atoms with Crippen LogP contribution in [0.5, 0.6) is 0 Å². The summed E-state index contributed by atoms with van der Waals surface area (Å²) in [6.45, 7) is 5.29. The molecule has 0 aliphatic carbocycles. The zero-order valence-corrected chi connectivity index (χ0v) is 17.0. The van der Waals surface area contributed by atoms with Gasteiger partial charge in [0.25, 0.3) is 0 Å². The van der Waals surface area contributed by atoms with Crippen molar-refractivity contribution in [3.05, 3.63) is 48.4 Å². The highest BCUT2D eigenvalue weighted by molar-refractivity contribution is 7.99. The summed E-state index contributed by atoms with van der Waals surface area (Å²) in [6.07, 6.45) is 1.62. The number of nitrogens with zero attached hydrogens (tertiary/aromatic N) is 5. The third-order valence-corrected chi connectivity index (χ3v) is 5.47. The Balaban J connectivity index is 1.92. The number of nitriles is 1. The maximum absolute atomic E-state index is 12.5. The van der Waals surface area contributed by atoms with Crippen LogP contribution in [0.15, 0.2) is 52.2 Å². The topological polar surface area (TPSA) is 88.0 Å². The van der Waals surface area contributed by atoms with E-state index in [1.54, 1.807) is 27.2 Å². The van der Waals surface area contributed by atoms with Crippen LogP contribution in [0, 0.1) is 18.3 Å². The van der Waals surface area contributed by atoms with Crippen LogP contribution >= 0.6 is 11.8 Å². The van der Waals surface area contributed by atoms with Crippen LogP contribution < -0.4 is 0 Å². The van der Waals surface area contributed by atoms with Gasteiger partial charge in [-0.05, 0) is 39.0 Å². The lowest BCUT2D eigenvalue weighted by molar-refractivity contribution is -0.130. The fourth-order valence-corrected chi connectivity index (χ4v) is 3.44. The molecule has 0 atom stereocenters. The Hall–Kier alpha value is -3.05. The predicted molar refractivity (Wildman–Crippen MR) is 107 cm³/mol. The number of hydrogen-bond donors (Lipinski definition) is 0. The number of rotatable bonds is 6. The van der Waals surface area contributed by atoms with Crippen molar-refractivity contribution in [3.63, 3.8) is 0 Å². The maximum Gasteiger partial charge on any atom is 0.234 e. The maximum atomic E-state index is 12.5. The molecule has 1 amide bonds. The molecule has 0 spiro atoms. The van der Waals surface area contributed by atoms with Gasteiger partial charge in [0.2, 0.25) is 5.91 Å². The van der Waals surface area contributed by atoms with Gasteiger partial charge in [0.05, 0.1) is 23.6 Å². The van der Waals surface area contributed by atoms with Crippen LogP contribution in [-0.4, -0.2) is 43.9 Å². The third kappa shape index (κ3) is 3.80. The molecule has 0 fully saturated rings. The van der Waals surface area contributed by atoms with Gasteiger partial charge < -0.3 is 9.32 Å². The van der Waals surface area contributed by atoms with E-state index in [9.17, 15) is 10.1 Å². The summed E-state index contributed by atoms with van der Waals surface area (Å²) >= 11 is 1.29. The normalized spacial score (nSPS) is 11.2. The summed E-state index contributed by atoms with van der Waals surface area (Å²) in [5.41, 5.74) is 0.866. The molecule has 2 aromatic heterocycles. The van der Waals surface area contributed by atoms with E-state index in [-0.39, 0.29) is 11.7 Å². The van der Waals surface area contributed by atoms with Gasteiger partial charge in [-0.15, -0.1) is 10.2 Å². The number of furan rings is 1. The molecule has 0 N–H and O–H groups in total. The minimum atomic E-state index is -0.871. The van der Waals surface area contributed by atoms with E-state index in [4.69, 9.17) is 4.42 Å². The van der Waals surface area contributed by atoms with Crippen LogP contribution in [-0.2, 0) is 4.79 Å². The van der Waals surface area contributed by atoms with Crippen molar-refractivity contribution in [3.8, 4) is 23.1 Å². The highest BCUT2D eigenvalue weighted by Crippen LogP contribution is 2.30. The van der Waals surface area contributed by atoms with E-state index in [0.717, 1.165) is 17.0 Å². The van der Waals surface area contributed by atoms with E-state index in [2.05, 4.69) is 16.3 Å². The molecule has 8 heteroatoms. The Morgan fingerprint density at radius 1 is 1.29 bits per heavy atom. The number of aromatic nitrogens is 3. The second-order valence-corrected chi connectivity index (χ2v) is 7.72. The van der Waals surface area contributed by atoms with E-state index < -0.39 is 5.54 Å². The summed E-state index contributed by atoms with van der Waals surface area (Å²) in [7, 11) is 1.63. The highest BCUT2D eigenvalue weighted by Gasteiger charge is 2.28. The zero-order valence-electron chi connectivity index (χ0n) is 16.2. The Morgan fingerprint density at radius 3 is 2.61 bits per heavy atom. The van der Waals surface area contributed by atoms with Gasteiger partial charge in [0, 0.05) is 12.7 Å². The molecule has 3 rings (SSSR count). The van der Waals surface area contributed by atoms with E-state index in [1.807, 2.05) is 47.9 Å². The van der Waals surface area contributed by atoms with Crippen molar-refractivity contribution in [1.29, 1.82) is 5.26 Å². The number of benzene rings is 1. The molecule has 2 heterocycles. The molecule has 7 nitrogen and oxygen atoms in total.